The van der Waals surface area contributed by atoms with Crippen LogP contribution in [-0.4, -0.2) is 29.1 Å². The van der Waals surface area contributed by atoms with Crippen LogP contribution in [0.5, 0.6) is 5.75 Å². The molecule has 3 unspecified atom stereocenters. The summed E-state index contributed by atoms with van der Waals surface area (Å²) in [4.78, 5) is 2.63. The molecule has 3 heteroatoms. The smallest absolute Gasteiger partial charge is 0.124 e. The number of likely N-dealkylation sites (tertiary alicyclic amines) is 1. The van der Waals surface area contributed by atoms with E-state index in [1.165, 1.54) is 5.56 Å². The zero-order valence-corrected chi connectivity index (χ0v) is 12.8. The lowest BCUT2D eigenvalue weighted by atomic mass is 9.86. The summed E-state index contributed by atoms with van der Waals surface area (Å²) >= 11 is 0. The molecule has 0 bridgehead atoms. The fraction of sp³-hybridized carbons (Fsp3) is 0.647. The number of nitrogens with zero attached hydrogens (tertiary/aromatic N) is 1. The summed E-state index contributed by atoms with van der Waals surface area (Å²) < 4.78 is 6.15. The zero-order valence-electron chi connectivity index (χ0n) is 12.8. The quantitative estimate of drug-likeness (QED) is 0.855. The van der Waals surface area contributed by atoms with Gasteiger partial charge in [0.05, 0.1) is 0 Å². The summed E-state index contributed by atoms with van der Waals surface area (Å²) in [6.45, 7) is 7.79. The molecule has 3 rings (SSSR count). The number of para-hydroxylation sites is 1. The molecule has 0 amide bonds. The predicted octanol–water partition coefficient (Wildman–Crippen LogP) is 3.10. The SMILES string of the molecule is CC1CC(N)CCN1C1CC(C)(C)Oc2ccccc21. The number of hydrogen-bond acceptors (Lipinski definition) is 3. The van der Waals surface area contributed by atoms with Gasteiger partial charge in [-0.05, 0) is 39.7 Å². The highest BCUT2D eigenvalue weighted by molar-refractivity contribution is 5.39. The first-order valence-corrected chi connectivity index (χ1v) is 7.75. The Kier molecular flexibility index (Phi) is 3.51. The van der Waals surface area contributed by atoms with E-state index in [4.69, 9.17) is 10.5 Å². The van der Waals surface area contributed by atoms with E-state index in [1.807, 2.05) is 0 Å². The van der Waals surface area contributed by atoms with Crippen LogP contribution in [0.4, 0.5) is 0 Å². The van der Waals surface area contributed by atoms with Crippen LogP contribution in [0.1, 0.15) is 51.6 Å². The van der Waals surface area contributed by atoms with Crippen molar-refractivity contribution in [3.63, 3.8) is 0 Å². The highest BCUT2D eigenvalue weighted by Crippen LogP contribution is 2.44. The lowest BCUT2D eigenvalue weighted by molar-refractivity contribution is 0.00455. The molecule has 110 valence electrons. The first-order chi connectivity index (χ1) is 9.46. The van der Waals surface area contributed by atoms with Gasteiger partial charge in [-0.2, -0.15) is 0 Å². The first kappa shape index (κ1) is 13.9. The Hall–Kier alpha value is -1.06. The van der Waals surface area contributed by atoms with Crippen LogP contribution in [0.3, 0.4) is 0 Å². The van der Waals surface area contributed by atoms with Gasteiger partial charge in [0, 0.05) is 36.7 Å². The van der Waals surface area contributed by atoms with E-state index in [2.05, 4.69) is 49.9 Å². The summed E-state index contributed by atoms with van der Waals surface area (Å²) in [7, 11) is 0. The third-order valence-corrected chi connectivity index (χ3v) is 4.72. The van der Waals surface area contributed by atoms with Crippen molar-refractivity contribution in [1.29, 1.82) is 0 Å². The number of rotatable bonds is 1. The summed E-state index contributed by atoms with van der Waals surface area (Å²) in [5.41, 5.74) is 7.36. The maximum absolute atomic E-state index is 6.15. The minimum Gasteiger partial charge on any atom is -0.487 e. The molecule has 2 N–H and O–H groups in total. The minimum absolute atomic E-state index is 0.0989. The van der Waals surface area contributed by atoms with Crippen molar-refractivity contribution < 1.29 is 4.74 Å². The van der Waals surface area contributed by atoms with E-state index < -0.39 is 0 Å². The van der Waals surface area contributed by atoms with Gasteiger partial charge in [0.15, 0.2) is 0 Å². The van der Waals surface area contributed by atoms with Crippen LogP contribution >= 0.6 is 0 Å². The lowest BCUT2D eigenvalue weighted by Crippen LogP contribution is -2.50. The number of nitrogens with two attached hydrogens (primary N) is 1. The topological polar surface area (TPSA) is 38.5 Å². The van der Waals surface area contributed by atoms with Crippen molar-refractivity contribution in [3.8, 4) is 5.75 Å². The lowest BCUT2D eigenvalue weighted by Gasteiger charge is -2.47. The van der Waals surface area contributed by atoms with E-state index in [-0.39, 0.29) is 5.60 Å². The standard InChI is InChI=1S/C17H26N2O/c1-12-10-13(18)8-9-19(12)15-11-17(2,3)20-16-7-5-4-6-14(15)16/h4-7,12-13,15H,8-11,18H2,1-3H3. The van der Waals surface area contributed by atoms with Gasteiger partial charge in [0.2, 0.25) is 0 Å². The third-order valence-electron chi connectivity index (χ3n) is 4.72. The van der Waals surface area contributed by atoms with E-state index >= 15 is 0 Å². The maximum Gasteiger partial charge on any atom is 0.124 e. The number of fused-ring (bicyclic) bond motifs is 1. The molecule has 1 saturated heterocycles. The molecular formula is C17H26N2O. The van der Waals surface area contributed by atoms with Crippen LogP contribution in [0, 0.1) is 0 Å². The molecule has 2 aliphatic heterocycles. The Balaban J connectivity index is 1.92. The molecule has 20 heavy (non-hydrogen) atoms. The van der Waals surface area contributed by atoms with Gasteiger partial charge < -0.3 is 10.5 Å². The average molecular weight is 274 g/mol. The van der Waals surface area contributed by atoms with Crippen molar-refractivity contribution in [3.05, 3.63) is 29.8 Å². The van der Waals surface area contributed by atoms with Crippen molar-refractivity contribution in [2.45, 2.75) is 63.8 Å². The average Bonchev–Trinajstić information content (AvgIpc) is 2.37. The second-order valence-corrected chi connectivity index (χ2v) is 6.99. The number of piperidine rings is 1. The van der Waals surface area contributed by atoms with E-state index in [1.54, 1.807) is 0 Å². The third kappa shape index (κ3) is 2.57. The van der Waals surface area contributed by atoms with Crippen molar-refractivity contribution in [1.82, 2.24) is 4.90 Å². The molecule has 0 aliphatic carbocycles. The normalized spacial score (nSPS) is 33.3. The summed E-state index contributed by atoms with van der Waals surface area (Å²) in [5.74, 6) is 1.05. The summed E-state index contributed by atoms with van der Waals surface area (Å²) in [5, 5.41) is 0. The monoisotopic (exact) mass is 274 g/mol. The number of hydrogen-bond donors (Lipinski definition) is 1. The summed E-state index contributed by atoms with van der Waals surface area (Å²) in [6.07, 6.45) is 3.24. The fourth-order valence-corrected chi connectivity index (χ4v) is 3.75. The van der Waals surface area contributed by atoms with Gasteiger partial charge >= 0.3 is 0 Å². The van der Waals surface area contributed by atoms with Crippen molar-refractivity contribution in [2.75, 3.05) is 6.54 Å². The molecule has 3 atom stereocenters. The predicted molar refractivity (Wildman–Crippen MR) is 81.9 cm³/mol. The molecule has 1 aromatic rings. The molecule has 0 aromatic heterocycles. The molecule has 0 saturated carbocycles. The highest BCUT2D eigenvalue weighted by atomic mass is 16.5. The molecule has 2 aliphatic rings. The van der Waals surface area contributed by atoms with Crippen LogP contribution < -0.4 is 10.5 Å². The molecule has 2 heterocycles. The van der Waals surface area contributed by atoms with Crippen LogP contribution in [-0.2, 0) is 0 Å². The summed E-state index contributed by atoms with van der Waals surface area (Å²) in [6, 6.07) is 9.87. The van der Waals surface area contributed by atoms with Gasteiger partial charge in [-0.15, -0.1) is 0 Å². The second kappa shape index (κ2) is 5.05. The Bertz CT molecular complexity index is 486. The number of benzene rings is 1. The van der Waals surface area contributed by atoms with Gasteiger partial charge in [0.25, 0.3) is 0 Å². The fourth-order valence-electron chi connectivity index (χ4n) is 3.75. The molecule has 0 radical (unpaired) electrons. The van der Waals surface area contributed by atoms with Gasteiger partial charge in [-0.3, -0.25) is 4.90 Å². The Morgan fingerprint density at radius 1 is 1.30 bits per heavy atom. The van der Waals surface area contributed by atoms with Gasteiger partial charge in [-0.25, -0.2) is 0 Å². The second-order valence-electron chi connectivity index (χ2n) is 6.99. The van der Waals surface area contributed by atoms with Crippen LogP contribution in [0.2, 0.25) is 0 Å². The Morgan fingerprint density at radius 2 is 2.05 bits per heavy atom. The van der Waals surface area contributed by atoms with Crippen molar-refractivity contribution >= 4 is 0 Å². The maximum atomic E-state index is 6.15. The van der Waals surface area contributed by atoms with Crippen molar-refractivity contribution in [2.24, 2.45) is 5.73 Å². The number of ether oxygens (including phenoxy) is 1. The van der Waals surface area contributed by atoms with E-state index in [0.29, 0.717) is 18.1 Å². The molecule has 0 spiro atoms. The van der Waals surface area contributed by atoms with Crippen LogP contribution in [0.25, 0.3) is 0 Å². The molecule has 3 nitrogen and oxygen atoms in total. The zero-order chi connectivity index (χ0) is 14.3. The first-order valence-electron chi connectivity index (χ1n) is 7.75. The largest absolute Gasteiger partial charge is 0.487 e. The van der Waals surface area contributed by atoms with E-state index in [0.717, 1.165) is 31.6 Å². The van der Waals surface area contributed by atoms with Gasteiger partial charge in [-0.1, -0.05) is 18.2 Å². The van der Waals surface area contributed by atoms with E-state index in [9.17, 15) is 0 Å². The molecule has 1 fully saturated rings. The molecular weight excluding hydrogens is 248 g/mol. The minimum atomic E-state index is -0.0989. The highest BCUT2D eigenvalue weighted by Gasteiger charge is 2.39. The molecule has 1 aromatic carbocycles. The van der Waals surface area contributed by atoms with Crippen LogP contribution in [0.15, 0.2) is 24.3 Å². The Morgan fingerprint density at radius 3 is 2.80 bits per heavy atom. The van der Waals surface area contributed by atoms with Gasteiger partial charge in [0.1, 0.15) is 11.4 Å². The Labute approximate surface area is 122 Å².